The van der Waals surface area contributed by atoms with Crippen molar-refractivity contribution < 1.29 is 14.6 Å². The lowest BCUT2D eigenvalue weighted by Crippen LogP contribution is -2.50. The largest absolute Gasteiger partial charge is 0.466 e. The van der Waals surface area contributed by atoms with Crippen LogP contribution in [0, 0.1) is 22.7 Å². The molecule has 0 amide bonds. The first-order chi connectivity index (χ1) is 11.3. The number of esters is 1. The summed E-state index contributed by atoms with van der Waals surface area (Å²) in [5.74, 6) is 1.01. The van der Waals surface area contributed by atoms with E-state index in [2.05, 4.69) is 26.8 Å². The Balaban J connectivity index is 2.21. The van der Waals surface area contributed by atoms with Gasteiger partial charge < -0.3 is 9.84 Å². The summed E-state index contributed by atoms with van der Waals surface area (Å²) in [6, 6.07) is 0. The molecule has 24 heavy (non-hydrogen) atoms. The second-order valence-corrected chi connectivity index (χ2v) is 8.39. The Hall–Kier alpha value is -1.09. The number of methoxy groups -OCH3 is 1. The Kier molecular flexibility index (Phi) is 5.95. The summed E-state index contributed by atoms with van der Waals surface area (Å²) < 4.78 is 4.74. The maximum atomic E-state index is 11.4. The molecule has 0 aliphatic heterocycles. The van der Waals surface area contributed by atoms with Crippen LogP contribution in [0.4, 0.5) is 0 Å². The molecule has 1 N–H and O–H groups in total. The van der Waals surface area contributed by atoms with Crippen LogP contribution in [-0.2, 0) is 9.53 Å². The first-order valence-corrected chi connectivity index (χ1v) is 9.33. The summed E-state index contributed by atoms with van der Waals surface area (Å²) in [6.45, 7) is 9.40. The molecule has 3 heteroatoms. The zero-order valence-corrected chi connectivity index (χ0v) is 16.0. The number of carbonyl (C=O) groups excluding carboxylic acids is 1. The van der Waals surface area contributed by atoms with Crippen LogP contribution < -0.4 is 0 Å². The fourth-order valence-electron chi connectivity index (χ4n) is 5.25. The lowest BCUT2D eigenvalue weighted by Gasteiger charge is -2.58. The van der Waals surface area contributed by atoms with E-state index in [9.17, 15) is 9.90 Å². The number of fused-ring (bicyclic) bond motifs is 1. The van der Waals surface area contributed by atoms with Crippen LogP contribution in [0.1, 0.15) is 66.2 Å². The SMILES string of the molecule is COC(=O)C=C(C)CCC1(C)C(C)CCC2(C)C(CO)=CCCC21. The van der Waals surface area contributed by atoms with Crippen LogP contribution in [-0.4, -0.2) is 24.8 Å². The minimum atomic E-state index is -0.262. The molecule has 4 atom stereocenters. The van der Waals surface area contributed by atoms with Crippen molar-refractivity contribution in [2.45, 2.75) is 66.2 Å². The monoisotopic (exact) mass is 334 g/mol. The van der Waals surface area contributed by atoms with Crippen molar-refractivity contribution >= 4 is 5.97 Å². The Morgan fingerprint density at radius 3 is 2.75 bits per heavy atom. The summed E-state index contributed by atoms with van der Waals surface area (Å²) in [4.78, 5) is 11.4. The first kappa shape index (κ1) is 19.2. The molecule has 0 heterocycles. The van der Waals surface area contributed by atoms with Gasteiger partial charge in [0.1, 0.15) is 0 Å². The smallest absolute Gasteiger partial charge is 0.330 e. The normalized spacial score (nSPS) is 36.8. The second-order valence-electron chi connectivity index (χ2n) is 8.39. The van der Waals surface area contributed by atoms with E-state index in [0.29, 0.717) is 11.8 Å². The highest BCUT2D eigenvalue weighted by Crippen LogP contribution is 2.61. The Morgan fingerprint density at radius 1 is 1.42 bits per heavy atom. The Labute approximate surface area is 147 Å². The van der Waals surface area contributed by atoms with Gasteiger partial charge in [-0.05, 0) is 73.7 Å². The molecule has 2 aliphatic rings. The van der Waals surface area contributed by atoms with E-state index in [-0.39, 0.29) is 23.4 Å². The Morgan fingerprint density at radius 2 is 2.12 bits per heavy atom. The van der Waals surface area contributed by atoms with Crippen molar-refractivity contribution in [1.29, 1.82) is 0 Å². The topological polar surface area (TPSA) is 46.5 Å². The lowest BCUT2D eigenvalue weighted by atomic mass is 9.47. The van der Waals surface area contributed by atoms with Gasteiger partial charge in [0.2, 0.25) is 0 Å². The van der Waals surface area contributed by atoms with Gasteiger partial charge in [0.25, 0.3) is 0 Å². The number of aliphatic hydroxyl groups excluding tert-OH is 1. The summed E-state index contributed by atoms with van der Waals surface area (Å²) >= 11 is 0. The van der Waals surface area contributed by atoms with Crippen molar-refractivity contribution in [2.75, 3.05) is 13.7 Å². The molecule has 0 aromatic rings. The Bertz CT molecular complexity index is 533. The molecule has 136 valence electrons. The molecule has 0 aromatic heterocycles. The van der Waals surface area contributed by atoms with Gasteiger partial charge in [0, 0.05) is 6.08 Å². The molecule has 2 rings (SSSR count). The van der Waals surface area contributed by atoms with Crippen molar-refractivity contribution in [3.63, 3.8) is 0 Å². The average Bonchev–Trinajstić information content (AvgIpc) is 2.56. The first-order valence-electron chi connectivity index (χ1n) is 9.33. The highest BCUT2D eigenvalue weighted by atomic mass is 16.5. The zero-order chi connectivity index (χ0) is 18.0. The molecular formula is C21H34O3. The number of hydrogen-bond donors (Lipinski definition) is 1. The van der Waals surface area contributed by atoms with Crippen LogP contribution in [0.2, 0.25) is 0 Å². The molecule has 3 nitrogen and oxygen atoms in total. The molecule has 0 spiro atoms. The maximum Gasteiger partial charge on any atom is 0.330 e. The van der Waals surface area contributed by atoms with Crippen molar-refractivity contribution in [2.24, 2.45) is 22.7 Å². The van der Waals surface area contributed by atoms with Crippen molar-refractivity contribution in [3.8, 4) is 0 Å². The number of hydrogen-bond acceptors (Lipinski definition) is 3. The van der Waals surface area contributed by atoms with E-state index in [1.165, 1.54) is 31.9 Å². The molecule has 2 aliphatic carbocycles. The molecule has 1 fully saturated rings. The lowest BCUT2D eigenvalue weighted by molar-refractivity contribution is -0.134. The zero-order valence-electron chi connectivity index (χ0n) is 16.0. The van der Waals surface area contributed by atoms with Gasteiger partial charge in [-0.15, -0.1) is 0 Å². The van der Waals surface area contributed by atoms with Crippen LogP contribution in [0.3, 0.4) is 0 Å². The fraction of sp³-hybridized carbons (Fsp3) is 0.762. The summed E-state index contributed by atoms with van der Waals surface area (Å²) in [5, 5.41) is 9.85. The number of rotatable bonds is 5. The summed E-state index contributed by atoms with van der Waals surface area (Å²) in [6.07, 6.45) is 10.6. The van der Waals surface area contributed by atoms with Gasteiger partial charge in [-0.25, -0.2) is 4.79 Å². The van der Waals surface area contributed by atoms with Crippen LogP contribution in [0.25, 0.3) is 0 Å². The van der Waals surface area contributed by atoms with Crippen molar-refractivity contribution in [3.05, 3.63) is 23.3 Å². The predicted molar refractivity (Wildman–Crippen MR) is 97.5 cm³/mol. The predicted octanol–water partition coefficient (Wildman–Crippen LogP) is 4.66. The molecule has 1 saturated carbocycles. The van der Waals surface area contributed by atoms with E-state index in [0.717, 1.165) is 24.8 Å². The molecule has 0 radical (unpaired) electrons. The van der Waals surface area contributed by atoms with E-state index in [1.807, 2.05) is 6.92 Å². The maximum absolute atomic E-state index is 11.4. The third-order valence-corrected chi connectivity index (χ3v) is 7.16. The second kappa shape index (κ2) is 7.43. The van der Waals surface area contributed by atoms with Crippen molar-refractivity contribution in [1.82, 2.24) is 0 Å². The number of carbonyl (C=O) groups is 1. The van der Waals surface area contributed by atoms with Crippen LogP contribution in [0.15, 0.2) is 23.3 Å². The van der Waals surface area contributed by atoms with Gasteiger partial charge in [-0.2, -0.15) is 0 Å². The summed E-state index contributed by atoms with van der Waals surface area (Å²) in [7, 11) is 1.42. The minimum Gasteiger partial charge on any atom is -0.466 e. The molecular weight excluding hydrogens is 300 g/mol. The van der Waals surface area contributed by atoms with Gasteiger partial charge in [0.05, 0.1) is 13.7 Å². The van der Waals surface area contributed by atoms with Gasteiger partial charge >= 0.3 is 5.97 Å². The van der Waals surface area contributed by atoms with E-state index in [4.69, 9.17) is 4.74 Å². The standard InChI is InChI=1S/C21H34O3/c1-15(13-19(23)24-5)9-11-20(3)16(2)10-12-21(4)17(14-22)7-6-8-18(20)21/h7,13,16,18,22H,6,8-12,14H2,1-5H3. The third-order valence-electron chi connectivity index (χ3n) is 7.16. The van der Waals surface area contributed by atoms with E-state index >= 15 is 0 Å². The summed E-state index contributed by atoms with van der Waals surface area (Å²) in [5.41, 5.74) is 2.72. The molecule has 0 bridgehead atoms. The van der Waals surface area contributed by atoms with E-state index < -0.39 is 0 Å². The highest BCUT2D eigenvalue weighted by Gasteiger charge is 2.53. The van der Waals surface area contributed by atoms with Crippen LogP contribution in [0.5, 0.6) is 0 Å². The molecule has 0 saturated heterocycles. The van der Waals surface area contributed by atoms with Crippen LogP contribution >= 0.6 is 0 Å². The molecule has 4 unspecified atom stereocenters. The molecule has 0 aromatic carbocycles. The highest BCUT2D eigenvalue weighted by molar-refractivity contribution is 5.82. The fourth-order valence-corrected chi connectivity index (χ4v) is 5.25. The average molecular weight is 335 g/mol. The number of ether oxygens (including phenoxy) is 1. The van der Waals surface area contributed by atoms with Gasteiger partial charge in [0.15, 0.2) is 0 Å². The van der Waals surface area contributed by atoms with E-state index in [1.54, 1.807) is 6.08 Å². The quantitative estimate of drug-likeness (QED) is 0.452. The number of aliphatic hydroxyl groups is 1. The third kappa shape index (κ3) is 3.46. The number of allylic oxidation sites excluding steroid dienone is 2. The minimum absolute atomic E-state index is 0.133. The van der Waals surface area contributed by atoms with Gasteiger partial charge in [-0.3, -0.25) is 0 Å². The van der Waals surface area contributed by atoms with Gasteiger partial charge in [-0.1, -0.05) is 32.4 Å².